The number of hydrogen-bond donors (Lipinski definition) is 1. The number of thioether (sulfide) groups is 1. The molecule has 0 radical (unpaired) electrons. The molecule has 0 atom stereocenters. The lowest BCUT2D eigenvalue weighted by Gasteiger charge is -2.19. The minimum absolute atomic E-state index is 0.0462. The van der Waals surface area contributed by atoms with Crippen LogP contribution < -0.4 is 5.32 Å². The molecule has 3 amide bonds. The zero-order chi connectivity index (χ0) is 16.5. The number of amides is 3. The van der Waals surface area contributed by atoms with Crippen LogP contribution in [-0.4, -0.2) is 47.2 Å². The standard InChI is InChI=1S/C16H25N3O2S/c1-5-18(6-2)15(20)17-13-9-11-14(12-10-13)22-16(21)19(7-3)8-4/h9-12H,5-8H2,1-4H3,(H,17,20). The number of nitrogens with zero attached hydrogens (tertiary/aromatic N) is 2. The third-order valence-electron chi connectivity index (χ3n) is 3.38. The average Bonchev–Trinajstić information content (AvgIpc) is 2.51. The highest BCUT2D eigenvalue weighted by molar-refractivity contribution is 8.13. The number of carbonyl (C=O) groups is 2. The summed E-state index contributed by atoms with van der Waals surface area (Å²) in [7, 11) is 0. The number of nitrogens with one attached hydrogen (secondary N) is 1. The largest absolute Gasteiger partial charge is 0.334 e. The van der Waals surface area contributed by atoms with Crippen molar-refractivity contribution in [1.82, 2.24) is 9.80 Å². The third-order valence-corrected chi connectivity index (χ3v) is 4.32. The number of hydrogen-bond acceptors (Lipinski definition) is 3. The van der Waals surface area contributed by atoms with Gasteiger partial charge in [0.25, 0.3) is 5.24 Å². The fourth-order valence-corrected chi connectivity index (χ4v) is 2.83. The second-order valence-electron chi connectivity index (χ2n) is 4.67. The monoisotopic (exact) mass is 323 g/mol. The summed E-state index contributed by atoms with van der Waals surface area (Å²) in [5, 5.41) is 2.90. The maximum Gasteiger partial charge on any atom is 0.321 e. The molecule has 122 valence electrons. The van der Waals surface area contributed by atoms with Crippen LogP contribution in [-0.2, 0) is 0 Å². The van der Waals surface area contributed by atoms with E-state index in [0.717, 1.165) is 10.6 Å². The van der Waals surface area contributed by atoms with Gasteiger partial charge < -0.3 is 15.1 Å². The van der Waals surface area contributed by atoms with Crippen molar-refractivity contribution in [3.63, 3.8) is 0 Å². The first-order valence-corrected chi connectivity index (χ1v) is 8.49. The molecule has 0 saturated heterocycles. The first-order chi connectivity index (χ1) is 10.5. The van der Waals surface area contributed by atoms with E-state index in [1.807, 2.05) is 52.0 Å². The van der Waals surface area contributed by atoms with Crippen molar-refractivity contribution in [3.05, 3.63) is 24.3 Å². The smallest absolute Gasteiger partial charge is 0.321 e. The van der Waals surface area contributed by atoms with Gasteiger partial charge in [-0.2, -0.15) is 0 Å². The zero-order valence-corrected chi connectivity index (χ0v) is 14.6. The topological polar surface area (TPSA) is 52.7 Å². The Morgan fingerprint density at radius 2 is 1.41 bits per heavy atom. The molecule has 0 aliphatic rings. The molecule has 1 aromatic rings. The number of anilines is 1. The average molecular weight is 323 g/mol. The molecule has 0 aliphatic heterocycles. The second-order valence-corrected chi connectivity index (χ2v) is 5.69. The van der Waals surface area contributed by atoms with E-state index in [1.54, 1.807) is 9.80 Å². The molecule has 0 fully saturated rings. The SMILES string of the molecule is CCN(CC)C(=O)Nc1ccc(SC(=O)N(CC)CC)cc1. The van der Waals surface area contributed by atoms with Crippen molar-refractivity contribution in [2.75, 3.05) is 31.5 Å². The number of benzene rings is 1. The maximum absolute atomic E-state index is 12.0. The molecule has 0 saturated carbocycles. The van der Waals surface area contributed by atoms with E-state index >= 15 is 0 Å². The van der Waals surface area contributed by atoms with Crippen molar-refractivity contribution < 1.29 is 9.59 Å². The van der Waals surface area contributed by atoms with Crippen LogP contribution in [0.25, 0.3) is 0 Å². The molecule has 1 aromatic carbocycles. The minimum Gasteiger partial charge on any atom is -0.334 e. The van der Waals surface area contributed by atoms with Crippen molar-refractivity contribution in [2.45, 2.75) is 32.6 Å². The van der Waals surface area contributed by atoms with E-state index in [2.05, 4.69) is 5.32 Å². The van der Waals surface area contributed by atoms with E-state index in [9.17, 15) is 9.59 Å². The number of rotatable bonds is 6. The lowest BCUT2D eigenvalue weighted by molar-refractivity contribution is 0.217. The Balaban J connectivity index is 2.63. The van der Waals surface area contributed by atoms with Crippen molar-refractivity contribution in [3.8, 4) is 0 Å². The van der Waals surface area contributed by atoms with Crippen molar-refractivity contribution in [1.29, 1.82) is 0 Å². The maximum atomic E-state index is 12.0. The first kappa shape index (κ1) is 18.4. The lowest BCUT2D eigenvalue weighted by Crippen LogP contribution is -2.34. The molecule has 22 heavy (non-hydrogen) atoms. The Bertz CT molecular complexity index is 438. The molecule has 0 aliphatic carbocycles. The highest BCUT2D eigenvalue weighted by Gasteiger charge is 2.12. The van der Waals surface area contributed by atoms with Gasteiger partial charge in [-0.15, -0.1) is 0 Å². The van der Waals surface area contributed by atoms with E-state index in [1.165, 1.54) is 11.8 Å². The van der Waals surface area contributed by atoms with Crippen LogP contribution in [0.15, 0.2) is 29.2 Å². The van der Waals surface area contributed by atoms with Gasteiger partial charge in [-0.1, -0.05) is 0 Å². The van der Waals surface area contributed by atoms with Crippen LogP contribution in [0.1, 0.15) is 27.7 Å². The summed E-state index contributed by atoms with van der Waals surface area (Å²) in [6, 6.07) is 7.23. The van der Waals surface area contributed by atoms with E-state index in [0.29, 0.717) is 26.2 Å². The quantitative estimate of drug-likeness (QED) is 0.801. The Labute approximate surface area is 137 Å². The van der Waals surface area contributed by atoms with E-state index in [-0.39, 0.29) is 11.3 Å². The molecule has 0 aromatic heterocycles. The summed E-state index contributed by atoms with van der Waals surface area (Å²) >= 11 is 1.21. The molecule has 0 spiro atoms. The third kappa shape index (κ3) is 5.26. The van der Waals surface area contributed by atoms with Gasteiger partial charge in [-0.05, 0) is 63.7 Å². The minimum atomic E-state index is -0.107. The number of carbonyl (C=O) groups excluding carboxylic acids is 2. The van der Waals surface area contributed by atoms with Crippen LogP contribution in [0, 0.1) is 0 Å². The van der Waals surface area contributed by atoms with Crippen molar-refractivity contribution in [2.24, 2.45) is 0 Å². The molecule has 1 N–H and O–H groups in total. The van der Waals surface area contributed by atoms with Crippen LogP contribution in [0.5, 0.6) is 0 Å². The Hall–Kier alpha value is -1.69. The molecule has 0 heterocycles. The normalized spacial score (nSPS) is 10.2. The van der Waals surface area contributed by atoms with Gasteiger partial charge in [0.1, 0.15) is 0 Å². The molecule has 5 nitrogen and oxygen atoms in total. The predicted octanol–water partition coefficient (Wildman–Crippen LogP) is 4.11. The number of urea groups is 1. The van der Waals surface area contributed by atoms with Gasteiger partial charge in [0.15, 0.2) is 0 Å². The van der Waals surface area contributed by atoms with Gasteiger partial charge in [-0.25, -0.2) is 4.79 Å². The summed E-state index contributed by atoms with van der Waals surface area (Å²) in [5.74, 6) is 0. The highest BCUT2D eigenvalue weighted by atomic mass is 32.2. The van der Waals surface area contributed by atoms with Crippen LogP contribution >= 0.6 is 11.8 Å². The lowest BCUT2D eigenvalue weighted by atomic mass is 10.3. The summed E-state index contributed by atoms with van der Waals surface area (Å²) in [4.78, 5) is 28.3. The summed E-state index contributed by atoms with van der Waals surface area (Å²) in [5.41, 5.74) is 0.733. The molecular formula is C16H25N3O2S. The second kappa shape index (κ2) is 9.35. The van der Waals surface area contributed by atoms with E-state index < -0.39 is 0 Å². The highest BCUT2D eigenvalue weighted by Crippen LogP contribution is 2.23. The first-order valence-electron chi connectivity index (χ1n) is 7.68. The fraction of sp³-hybridized carbons (Fsp3) is 0.500. The zero-order valence-electron chi connectivity index (χ0n) is 13.8. The van der Waals surface area contributed by atoms with E-state index in [4.69, 9.17) is 0 Å². The Morgan fingerprint density at radius 3 is 1.86 bits per heavy atom. The van der Waals surface area contributed by atoms with Crippen LogP contribution in [0.4, 0.5) is 15.3 Å². The molecular weight excluding hydrogens is 298 g/mol. The molecule has 1 rings (SSSR count). The molecule has 6 heteroatoms. The van der Waals surface area contributed by atoms with Gasteiger partial charge in [0, 0.05) is 36.8 Å². The van der Waals surface area contributed by atoms with Crippen LogP contribution in [0.2, 0.25) is 0 Å². The van der Waals surface area contributed by atoms with Gasteiger partial charge in [-0.3, -0.25) is 4.79 Å². The molecule has 0 unspecified atom stereocenters. The summed E-state index contributed by atoms with van der Waals surface area (Å²) in [6.07, 6.45) is 0. The summed E-state index contributed by atoms with van der Waals surface area (Å²) < 4.78 is 0. The Kier molecular flexibility index (Phi) is 7.80. The van der Waals surface area contributed by atoms with Gasteiger partial charge >= 0.3 is 6.03 Å². The summed E-state index contributed by atoms with van der Waals surface area (Å²) in [6.45, 7) is 10.6. The van der Waals surface area contributed by atoms with Crippen LogP contribution in [0.3, 0.4) is 0 Å². The Morgan fingerprint density at radius 1 is 0.909 bits per heavy atom. The van der Waals surface area contributed by atoms with Gasteiger partial charge in [0.05, 0.1) is 0 Å². The predicted molar refractivity (Wildman–Crippen MR) is 92.6 cm³/mol. The fourth-order valence-electron chi connectivity index (χ4n) is 1.97. The van der Waals surface area contributed by atoms with Crippen molar-refractivity contribution >= 4 is 28.7 Å². The van der Waals surface area contributed by atoms with Gasteiger partial charge in [0.2, 0.25) is 0 Å². The molecule has 0 bridgehead atoms.